The molecule has 1 aliphatic rings. The lowest BCUT2D eigenvalue weighted by atomic mass is 9.82. The van der Waals surface area contributed by atoms with E-state index in [-0.39, 0.29) is 6.42 Å². The lowest BCUT2D eigenvalue weighted by molar-refractivity contribution is -0.157. The molecule has 3 unspecified atom stereocenters. The number of aliphatic hydroxyl groups is 1. The molecular formula is C9H16F2O2. The van der Waals surface area contributed by atoms with Crippen LogP contribution in [0.25, 0.3) is 0 Å². The number of rotatable bonds is 3. The van der Waals surface area contributed by atoms with Gasteiger partial charge in [0.1, 0.15) is 11.8 Å². The summed E-state index contributed by atoms with van der Waals surface area (Å²) in [6.07, 6.45) is -1.98. The number of ether oxygens (including phenoxy) is 1. The van der Waals surface area contributed by atoms with Gasteiger partial charge in [-0.15, -0.1) is 0 Å². The summed E-state index contributed by atoms with van der Waals surface area (Å²) in [5.41, 5.74) is -1.29. The largest absolute Gasteiger partial charge is 0.393 e. The second-order valence-electron chi connectivity index (χ2n) is 3.47. The van der Waals surface area contributed by atoms with Crippen LogP contribution in [-0.4, -0.2) is 36.3 Å². The van der Waals surface area contributed by atoms with Crippen molar-refractivity contribution in [1.82, 2.24) is 0 Å². The molecule has 13 heavy (non-hydrogen) atoms. The zero-order chi connectivity index (χ0) is 9.90. The fourth-order valence-corrected chi connectivity index (χ4v) is 1.86. The van der Waals surface area contributed by atoms with Gasteiger partial charge in [0.25, 0.3) is 0 Å². The van der Waals surface area contributed by atoms with Gasteiger partial charge in [-0.2, -0.15) is 0 Å². The Bertz CT molecular complexity index is 162. The van der Waals surface area contributed by atoms with Crippen LogP contribution in [0.3, 0.4) is 0 Å². The van der Waals surface area contributed by atoms with Crippen molar-refractivity contribution in [1.29, 1.82) is 0 Å². The highest BCUT2D eigenvalue weighted by atomic mass is 19.2. The van der Waals surface area contributed by atoms with Gasteiger partial charge in [-0.25, -0.2) is 8.78 Å². The topological polar surface area (TPSA) is 29.5 Å². The number of aliphatic hydroxyl groups excluding tert-OH is 1. The molecule has 2 nitrogen and oxygen atoms in total. The van der Waals surface area contributed by atoms with Gasteiger partial charge < -0.3 is 9.84 Å². The summed E-state index contributed by atoms with van der Waals surface area (Å²) < 4.78 is 31.6. The third kappa shape index (κ3) is 1.99. The standard InChI is InChI=1S/C9H16F2O2/c1-2-13-9(6-12)5-3-4-7(10)8(9)11/h7-8,12H,2-6H2,1H3. The zero-order valence-corrected chi connectivity index (χ0v) is 7.80. The van der Waals surface area contributed by atoms with E-state index < -0.39 is 24.6 Å². The van der Waals surface area contributed by atoms with Gasteiger partial charge in [-0.1, -0.05) is 0 Å². The first kappa shape index (κ1) is 10.9. The maximum Gasteiger partial charge on any atom is 0.162 e. The lowest BCUT2D eigenvalue weighted by Crippen LogP contribution is -2.53. The molecule has 1 aliphatic carbocycles. The Hall–Kier alpha value is -0.220. The highest BCUT2D eigenvalue weighted by Crippen LogP contribution is 2.35. The minimum Gasteiger partial charge on any atom is -0.393 e. The van der Waals surface area contributed by atoms with Crippen LogP contribution in [0.5, 0.6) is 0 Å². The fraction of sp³-hybridized carbons (Fsp3) is 1.00. The van der Waals surface area contributed by atoms with E-state index in [4.69, 9.17) is 9.84 Å². The monoisotopic (exact) mass is 194 g/mol. The van der Waals surface area contributed by atoms with Crippen molar-refractivity contribution >= 4 is 0 Å². The molecule has 0 aromatic carbocycles. The van der Waals surface area contributed by atoms with Gasteiger partial charge in [0.15, 0.2) is 6.17 Å². The summed E-state index contributed by atoms with van der Waals surface area (Å²) in [5.74, 6) is 0. The van der Waals surface area contributed by atoms with Gasteiger partial charge in [0.2, 0.25) is 0 Å². The van der Waals surface area contributed by atoms with Crippen molar-refractivity contribution in [3.8, 4) is 0 Å². The van der Waals surface area contributed by atoms with Crippen LogP contribution in [0.4, 0.5) is 8.78 Å². The van der Waals surface area contributed by atoms with Crippen molar-refractivity contribution in [2.24, 2.45) is 0 Å². The Kier molecular flexibility index (Phi) is 3.62. The van der Waals surface area contributed by atoms with E-state index in [0.29, 0.717) is 19.4 Å². The van der Waals surface area contributed by atoms with Crippen LogP contribution >= 0.6 is 0 Å². The Morgan fingerprint density at radius 3 is 2.77 bits per heavy atom. The van der Waals surface area contributed by atoms with E-state index in [1.807, 2.05) is 0 Å². The molecule has 1 fully saturated rings. The Balaban J connectivity index is 2.70. The van der Waals surface area contributed by atoms with Gasteiger partial charge in [0.05, 0.1) is 6.61 Å². The molecule has 0 aromatic heterocycles. The SMILES string of the molecule is CCOC1(CO)CCCC(F)C1F. The molecule has 0 aliphatic heterocycles. The summed E-state index contributed by atoms with van der Waals surface area (Å²) in [6.45, 7) is 1.57. The molecule has 0 heterocycles. The number of alkyl halides is 2. The minimum atomic E-state index is -1.69. The molecule has 3 atom stereocenters. The molecule has 78 valence electrons. The fourth-order valence-electron chi connectivity index (χ4n) is 1.86. The molecule has 0 radical (unpaired) electrons. The average Bonchev–Trinajstić information content (AvgIpc) is 2.13. The quantitative estimate of drug-likeness (QED) is 0.739. The molecule has 0 spiro atoms. The number of halogens is 2. The van der Waals surface area contributed by atoms with Crippen LogP contribution in [0.15, 0.2) is 0 Å². The van der Waals surface area contributed by atoms with E-state index in [1.165, 1.54) is 0 Å². The van der Waals surface area contributed by atoms with E-state index in [9.17, 15) is 8.78 Å². The first-order valence-electron chi connectivity index (χ1n) is 4.69. The smallest absolute Gasteiger partial charge is 0.162 e. The molecule has 1 rings (SSSR count). The van der Waals surface area contributed by atoms with Crippen molar-refractivity contribution < 1.29 is 18.6 Å². The van der Waals surface area contributed by atoms with Crippen LogP contribution in [-0.2, 0) is 4.74 Å². The van der Waals surface area contributed by atoms with Crippen molar-refractivity contribution in [2.75, 3.05) is 13.2 Å². The second-order valence-corrected chi connectivity index (χ2v) is 3.47. The Labute approximate surface area is 76.9 Å². The molecular weight excluding hydrogens is 178 g/mol. The summed E-state index contributed by atoms with van der Waals surface area (Å²) in [5, 5.41) is 9.03. The summed E-state index contributed by atoms with van der Waals surface area (Å²) in [7, 11) is 0. The summed E-state index contributed by atoms with van der Waals surface area (Å²) >= 11 is 0. The predicted octanol–water partition coefficient (Wildman–Crippen LogP) is 1.61. The van der Waals surface area contributed by atoms with Gasteiger partial charge in [0, 0.05) is 6.61 Å². The summed E-state index contributed by atoms with van der Waals surface area (Å²) in [4.78, 5) is 0. The third-order valence-electron chi connectivity index (χ3n) is 2.60. The molecule has 4 heteroatoms. The molecule has 1 N–H and O–H groups in total. The highest BCUT2D eigenvalue weighted by molar-refractivity contribution is 4.96. The van der Waals surface area contributed by atoms with Crippen LogP contribution in [0.2, 0.25) is 0 Å². The van der Waals surface area contributed by atoms with Gasteiger partial charge >= 0.3 is 0 Å². The normalized spacial score (nSPS) is 40.6. The predicted molar refractivity (Wildman–Crippen MR) is 45.1 cm³/mol. The first-order valence-corrected chi connectivity index (χ1v) is 4.69. The Morgan fingerprint density at radius 2 is 2.23 bits per heavy atom. The number of hydrogen-bond donors (Lipinski definition) is 1. The second kappa shape index (κ2) is 4.33. The van der Waals surface area contributed by atoms with E-state index >= 15 is 0 Å². The van der Waals surface area contributed by atoms with Crippen LogP contribution < -0.4 is 0 Å². The molecule has 1 saturated carbocycles. The van der Waals surface area contributed by atoms with Crippen molar-refractivity contribution in [2.45, 2.75) is 44.1 Å². The average molecular weight is 194 g/mol. The molecule has 0 amide bonds. The number of hydrogen-bond acceptors (Lipinski definition) is 2. The summed E-state index contributed by atoms with van der Waals surface area (Å²) in [6, 6.07) is 0. The third-order valence-corrected chi connectivity index (χ3v) is 2.60. The highest BCUT2D eigenvalue weighted by Gasteiger charge is 2.47. The van der Waals surface area contributed by atoms with Crippen molar-refractivity contribution in [3.05, 3.63) is 0 Å². The zero-order valence-electron chi connectivity index (χ0n) is 7.80. The molecule has 0 aromatic rings. The Morgan fingerprint density at radius 1 is 1.54 bits per heavy atom. The van der Waals surface area contributed by atoms with Gasteiger partial charge in [-0.05, 0) is 26.2 Å². The lowest BCUT2D eigenvalue weighted by Gasteiger charge is -2.39. The first-order chi connectivity index (χ1) is 6.16. The van der Waals surface area contributed by atoms with Crippen molar-refractivity contribution in [3.63, 3.8) is 0 Å². The maximum atomic E-state index is 13.4. The molecule has 0 bridgehead atoms. The van der Waals surface area contributed by atoms with E-state index in [1.54, 1.807) is 6.92 Å². The van der Waals surface area contributed by atoms with Crippen LogP contribution in [0.1, 0.15) is 26.2 Å². The minimum absolute atomic E-state index is 0.232. The van der Waals surface area contributed by atoms with E-state index in [2.05, 4.69) is 0 Å². The molecule has 0 saturated heterocycles. The van der Waals surface area contributed by atoms with Crippen LogP contribution in [0, 0.1) is 0 Å². The van der Waals surface area contributed by atoms with E-state index in [0.717, 1.165) is 0 Å². The maximum absolute atomic E-state index is 13.4. The van der Waals surface area contributed by atoms with Gasteiger partial charge in [-0.3, -0.25) is 0 Å².